The van der Waals surface area contributed by atoms with E-state index in [4.69, 9.17) is 11.6 Å². The van der Waals surface area contributed by atoms with Crippen molar-refractivity contribution in [3.63, 3.8) is 0 Å². The third kappa shape index (κ3) is 4.94. The molecule has 1 aliphatic carbocycles. The van der Waals surface area contributed by atoms with Crippen molar-refractivity contribution in [2.45, 2.75) is 37.8 Å². The Morgan fingerprint density at radius 3 is 2.52 bits per heavy atom. The maximum atomic E-state index is 12.3. The van der Waals surface area contributed by atoms with E-state index < -0.39 is 5.54 Å². The second-order valence-corrected chi connectivity index (χ2v) is 7.87. The van der Waals surface area contributed by atoms with Gasteiger partial charge in [-0.3, -0.25) is 4.79 Å². The fourth-order valence-electron chi connectivity index (χ4n) is 4.03. The first-order valence-corrected chi connectivity index (χ1v) is 9.60. The van der Waals surface area contributed by atoms with Crippen LogP contribution >= 0.6 is 11.6 Å². The van der Waals surface area contributed by atoms with Gasteiger partial charge in [-0.15, -0.1) is 0 Å². The zero-order chi connectivity index (χ0) is 17.7. The molecule has 2 aliphatic rings. The lowest BCUT2D eigenvalue weighted by Crippen LogP contribution is -3.28. The maximum Gasteiger partial charge on any atom is 0.276 e. The Kier molecular flexibility index (Phi) is 5.95. The fourth-order valence-corrected chi connectivity index (χ4v) is 4.24. The summed E-state index contributed by atoms with van der Waals surface area (Å²) in [7, 11) is 0. The van der Waals surface area contributed by atoms with Crippen LogP contribution in [0.25, 0.3) is 0 Å². The Morgan fingerprint density at radius 2 is 1.88 bits per heavy atom. The molecule has 0 bridgehead atoms. The minimum Gasteiger partial charge on any atom is -0.333 e. The lowest BCUT2D eigenvalue weighted by atomic mass is 10.00. The van der Waals surface area contributed by atoms with Crippen LogP contribution in [0.4, 0.5) is 0 Å². The number of piperazine rings is 1. The van der Waals surface area contributed by atoms with Gasteiger partial charge in [0.2, 0.25) is 0 Å². The van der Waals surface area contributed by atoms with E-state index in [2.05, 4.69) is 17.5 Å². The van der Waals surface area contributed by atoms with E-state index in [1.54, 1.807) is 0 Å². The zero-order valence-corrected chi connectivity index (χ0v) is 15.4. The van der Waals surface area contributed by atoms with Crippen molar-refractivity contribution in [2.75, 3.05) is 32.7 Å². The molecular formula is C19H27ClN4O+2. The van der Waals surface area contributed by atoms with Crippen LogP contribution < -0.4 is 15.1 Å². The lowest BCUT2D eigenvalue weighted by Gasteiger charge is -2.30. The highest BCUT2D eigenvalue weighted by Gasteiger charge is 2.36. The number of benzene rings is 1. The monoisotopic (exact) mass is 362 g/mol. The van der Waals surface area contributed by atoms with Gasteiger partial charge in [0.25, 0.3) is 5.91 Å². The van der Waals surface area contributed by atoms with Crippen LogP contribution in [0.15, 0.2) is 24.3 Å². The summed E-state index contributed by atoms with van der Waals surface area (Å²) < 4.78 is 0. The van der Waals surface area contributed by atoms with Crippen molar-refractivity contribution in [2.24, 2.45) is 0 Å². The summed E-state index contributed by atoms with van der Waals surface area (Å²) in [5.41, 5.74) is 0.664. The third-order valence-corrected chi connectivity index (χ3v) is 5.70. The van der Waals surface area contributed by atoms with Gasteiger partial charge in [0.05, 0.1) is 6.07 Å². The van der Waals surface area contributed by atoms with Gasteiger partial charge in [0.1, 0.15) is 38.3 Å². The van der Waals surface area contributed by atoms with E-state index in [1.165, 1.54) is 15.4 Å². The van der Waals surface area contributed by atoms with Gasteiger partial charge in [-0.25, -0.2) is 0 Å². The first-order chi connectivity index (χ1) is 12.1. The predicted molar refractivity (Wildman–Crippen MR) is 96.4 cm³/mol. The molecule has 1 heterocycles. The molecule has 1 aromatic carbocycles. The molecule has 3 N–H and O–H groups in total. The Morgan fingerprint density at radius 1 is 1.20 bits per heavy atom. The van der Waals surface area contributed by atoms with E-state index in [1.807, 2.05) is 18.2 Å². The standard InChI is InChI=1S/C19H25ClN4O/c20-17-5-3-4-16(12-17)13-23-8-10-24(11-9-23)14-18(25)22-19(15-21)6-1-2-7-19/h3-5,12H,1-2,6-11,13-14H2,(H,22,25)/p+2. The van der Waals surface area contributed by atoms with Crippen molar-refractivity contribution >= 4 is 17.5 Å². The Bertz CT molecular complexity index is 643. The van der Waals surface area contributed by atoms with E-state index in [0.29, 0.717) is 6.54 Å². The summed E-state index contributed by atoms with van der Waals surface area (Å²) in [6.45, 7) is 5.55. The highest BCUT2D eigenvalue weighted by atomic mass is 35.5. The number of quaternary nitrogens is 2. The molecule has 6 heteroatoms. The minimum absolute atomic E-state index is 0.0248. The van der Waals surface area contributed by atoms with Gasteiger partial charge >= 0.3 is 0 Å². The first-order valence-electron chi connectivity index (χ1n) is 9.22. The molecule has 134 valence electrons. The normalized spacial score (nSPS) is 25.3. The maximum absolute atomic E-state index is 12.3. The van der Waals surface area contributed by atoms with Crippen LogP contribution in [0.2, 0.25) is 5.02 Å². The highest BCUT2D eigenvalue weighted by Crippen LogP contribution is 2.28. The number of amides is 1. The van der Waals surface area contributed by atoms with E-state index in [9.17, 15) is 10.1 Å². The van der Waals surface area contributed by atoms with Crippen LogP contribution in [-0.2, 0) is 11.3 Å². The molecule has 2 fully saturated rings. The van der Waals surface area contributed by atoms with Crippen molar-refractivity contribution in [1.29, 1.82) is 5.26 Å². The minimum atomic E-state index is -0.601. The van der Waals surface area contributed by atoms with Gasteiger partial charge in [-0.1, -0.05) is 23.7 Å². The number of nitriles is 1. The average Bonchev–Trinajstić information content (AvgIpc) is 3.05. The molecular weight excluding hydrogens is 336 g/mol. The van der Waals surface area contributed by atoms with Crippen molar-refractivity contribution in [3.8, 4) is 6.07 Å². The molecule has 0 radical (unpaired) electrons. The molecule has 0 atom stereocenters. The lowest BCUT2D eigenvalue weighted by molar-refractivity contribution is -1.02. The second kappa shape index (κ2) is 8.18. The molecule has 3 rings (SSSR count). The molecule has 5 nitrogen and oxygen atoms in total. The second-order valence-electron chi connectivity index (χ2n) is 7.43. The smallest absolute Gasteiger partial charge is 0.276 e. The third-order valence-electron chi connectivity index (χ3n) is 5.47. The molecule has 1 saturated carbocycles. The number of carbonyl (C=O) groups excluding carboxylic acids is 1. The van der Waals surface area contributed by atoms with Crippen molar-refractivity contribution in [3.05, 3.63) is 34.9 Å². The summed E-state index contributed by atoms with van der Waals surface area (Å²) in [5, 5.41) is 13.2. The van der Waals surface area contributed by atoms with E-state index in [0.717, 1.165) is 63.4 Å². The van der Waals surface area contributed by atoms with Gasteiger partial charge in [-0.2, -0.15) is 5.26 Å². The topological polar surface area (TPSA) is 61.8 Å². The fraction of sp³-hybridized carbons (Fsp3) is 0.579. The van der Waals surface area contributed by atoms with Gasteiger partial charge < -0.3 is 15.1 Å². The van der Waals surface area contributed by atoms with Crippen LogP contribution in [0.1, 0.15) is 31.2 Å². The summed E-state index contributed by atoms with van der Waals surface area (Å²) in [6, 6.07) is 10.4. The molecule has 1 aliphatic heterocycles. The van der Waals surface area contributed by atoms with Gasteiger partial charge in [0.15, 0.2) is 6.54 Å². The van der Waals surface area contributed by atoms with Crippen LogP contribution in [0, 0.1) is 11.3 Å². The summed E-state index contributed by atoms with van der Waals surface area (Å²) in [6.07, 6.45) is 3.66. The average molecular weight is 363 g/mol. The Hall–Kier alpha value is -1.61. The number of nitrogens with zero attached hydrogens (tertiary/aromatic N) is 1. The van der Waals surface area contributed by atoms with Crippen molar-refractivity contribution in [1.82, 2.24) is 5.32 Å². The molecule has 1 amide bonds. The quantitative estimate of drug-likeness (QED) is 0.666. The largest absolute Gasteiger partial charge is 0.333 e. The number of hydrogen-bond acceptors (Lipinski definition) is 2. The van der Waals surface area contributed by atoms with E-state index >= 15 is 0 Å². The van der Waals surface area contributed by atoms with Gasteiger partial charge in [0, 0.05) is 10.6 Å². The molecule has 1 aromatic rings. The Labute approximate surface area is 154 Å². The number of halogens is 1. The molecule has 0 unspecified atom stereocenters. The van der Waals surface area contributed by atoms with Crippen molar-refractivity contribution < 1.29 is 14.6 Å². The molecule has 25 heavy (non-hydrogen) atoms. The molecule has 1 saturated heterocycles. The predicted octanol–water partition coefficient (Wildman–Crippen LogP) is -0.424. The van der Waals surface area contributed by atoms with Crippen LogP contribution in [0.3, 0.4) is 0 Å². The Balaban J connectivity index is 1.43. The summed E-state index contributed by atoms with van der Waals surface area (Å²) in [4.78, 5) is 15.2. The zero-order valence-electron chi connectivity index (χ0n) is 14.6. The number of rotatable bonds is 5. The SMILES string of the molecule is N#CC1(NC(=O)C[NH+]2CC[NH+](Cc3cccc(Cl)c3)CC2)CCCC1. The summed E-state index contributed by atoms with van der Waals surface area (Å²) >= 11 is 6.06. The van der Waals surface area contributed by atoms with Gasteiger partial charge in [-0.05, 0) is 37.8 Å². The molecule has 0 aromatic heterocycles. The van der Waals surface area contributed by atoms with Crippen LogP contribution in [-0.4, -0.2) is 44.2 Å². The molecule has 0 spiro atoms. The summed E-state index contributed by atoms with van der Waals surface area (Å²) in [5.74, 6) is 0.0248. The van der Waals surface area contributed by atoms with E-state index in [-0.39, 0.29) is 5.91 Å². The first kappa shape index (κ1) is 18.2. The number of hydrogen-bond donors (Lipinski definition) is 3. The number of carbonyl (C=O) groups is 1. The number of nitrogens with one attached hydrogen (secondary N) is 3. The highest BCUT2D eigenvalue weighted by molar-refractivity contribution is 6.30. The van der Waals surface area contributed by atoms with Crippen LogP contribution in [0.5, 0.6) is 0 Å².